The van der Waals surface area contributed by atoms with Crippen LogP contribution in [0.2, 0.25) is 0 Å². The standard InChI is InChI=1S/C9H11NO4/c1-6(12)8-3-2-7(5-11)4-9(8)10(13)14/h2-4,6,11-12H,5H2,1H3. The molecule has 0 aliphatic rings. The first-order valence-corrected chi connectivity index (χ1v) is 4.12. The minimum atomic E-state index is -0.886. The van der Waals surface area contributed by atoms with E-state index in [9.17, 15) is 15.2 Å². The number of hydrogen-bond acceptors (Lipinski definition) is 4. The van der Waals surface area contributed by atoms with Gasteiger partial charge < -0.3 is 10.2 Å². The maximum atomic E-state index is 10.6. The van der Waals surface area contributed by atoms with Crippen molar-refractivity contribution in [1.29, 1.82) is 0 Å². The zero-order valence-electron chi connectivity index (χ0n) is 7.67. The number of benzene rings is 1. The van der Waals surface area contributed by atoms with Crippen LogP contribution in [0.1, 0.15) is 24.2 Å². The molecule has 0 aromatic heterocycles. The Hall–Kier alpha value is -1.46. The van der Waals surface area contributed by atoms with Crippen molar-refractivity contribution in [2.24, 2.45) is 0 Å². The van der Waals surface area contributed by atoms with Gasteiger partial charge in [-0.05, 0) is 18.6 Å². The molecule has 0 spiro atoms. The number of nitro benzene ring substituents is 1. The summed E-state index contributed by atoms with van der Waals surface area (Å²) < 4.78 is 0. The quantitative estimate of drug-likeness (QED) is 0.562. The third-order valence-electron chi connectivity index (χ3n) is 1.92. The predicted molar refractivity (Wildman–Crippen MR) is 49.7 cm³/mol. The Bertz CT molecular complexity index is 349. The number of nitrogens with zero attached hydrogens (tertiary/aromatic N) is 1. The van der Waals surface area contributed by atoms with Crippen molar-refractivity contribution in [3.8, 4) is 0 Å². The molecule has 14 heavy (non-hydrogen) atoms. The molecular formula is C9H11NO4. The number of rotatable bonds is 3. The van der Waals surface area contributed by atoms with E-state index in [1.807, 2.05) is 0 Å². The molecule has 2 N–H and O–H groups in total. The average Bonchev–Trinajstić information content (AvgIpc) is 2.16. The van der Waals surface area contributed by atoms with Gasteiger partial charge in [-0.2, -0.15) is 0 Å². The molecule has 1 unspecified atom stereocenters. The number of nitro groups is 1. The first kappa shape index (κ1) is 10.6. The van der Waals surface area contributed by atoms with Crippen molar-refractivity contribution < 1.29 is 15.1 Å². The average molecular weight is 197 g/mol. The second-order valence-corrected chi connectivity index (χ2v) is 2.98. The van der Waals surface area contributed by atoms with Gasteiger partial charge in [0.15, 0.2) is 0 Å². The van der Waals surface area contributed by atoms with Gasteiger partial charge >= 0.3 is 0 Å². The van der Waals surface area contributed by atoms with Gasteiger partial charge in [0.05, 0.1) is 23.2 Å². The fourth-order valence-electron chi connectivity index (χ4n) is 1.20. The summed E-state index contributed by atoms with van der Waals surface area (Å²) in [7, 11) is 0. The molecule has 1 atom stereocenters. The Balaban J connectivity index is 3.24. The van der Waals surface area contributed by atoms with E-state index in [4.69, 9.17) is 5.11 Å². The van der Waals surface area contributed by atoms with Crippen LogP contribution >= 0.6 is 0 Å². The van der Waals surface area contributed by atoms with Crippen molar-refractivity contribution in [1.82, 2.24) is 0 Å². The van der Waals surface area contributed by atoms with Crippen LogP contribution in [0.5, 0.6) is 0 Å². The zero-order chi connectivity index (χ0) is 10.7. The molecule has 1 rings (SSSR count). The first-order valence-electron chi connectivity index (χ1n) is 4.12. The molecule has 76 valence electrons. The molecule has 1 aromatic carbocycles. The molecule has 0 bridgehead atoms. The molecule has 0 saturated carbocycles. The maximum absolute atomic E-state index is 10.6. The SMILES string of the molecule is CC(O)c1ccc(CO)cc1[N+](=O)[O-]. The lowest BCUT2D eigenvalue weighted by molar-refractivity contribution is -0.386. The molecule has 0 heterocycles. The van der Waals surface area contributed by atoms with Crippen molar-refractivity contribution >= 4 is 5.69 Å². The van der Waals surface area contributed by atoms with Crippen LogP contribution < -0.4 is 0 Å². The summed E-state index contributed by atoms with van der Waals surface area (Å²) in [4.78, 5) is 10.0. The van der Waals surface area contributed by atoms with Crippen LogP contribution in [-0.2, 0) is 6.61 Å². The van der Waals surface area contributed by atoms with Crippen LogP contribution in [0, 0.1) is 10.1 Å². The summed E-state index contributed by atoms with van der Waals surface area (Å²) in [6.07, 6.45) is -0.886. The number of hydrogen-bond donors (Lipinski definition) is 2. The number of aliphatic hydroxyl groups excluding tert-OH is 2. The minimum absolute atomic E-state index is 0.161. The van der Waals surface area contributed by atoms with Crippen molar-refractivity contribution in [3.05, 3.63) is 39.4 Å². The van der Waals surface area contributed by atoms with Gasteiger partial charge in [0.1, 0.15) is 0 Å². The van der Waals surface area contributed by atoms with Crippen LogP contribution in [0.25, 0.3) is 0 Å². The molecule has 0 radical (unpaired) electrons. The minimum Gasteiger partial charge on any atom is -0.392 e. The molecule has 0 aliphatic heterocycles. The molecule has 1 aromatic rings. The molecule has 0 saturated heterocycles. The van der Waals surface area contributed by atoms with Gasteiger partial charge in [-0.3, -0.25) is 10.1 Å². The van der Waals surface area contributed by atoms with Crippen LogP contribution in [-0.4, -0.2) is 15.1 Å². The highest BCUT2D eigenvalue weighted by Crippen LogP contribution is 2.25. The van der Waals surface area contributed by atoms with Gasteiger partial charge in [0, 0.05) is 6.07 Å². The Kier molecular flexibility index (Phi) is 3.16. The Morgan fingerprint density at radius 2 is 2.21 bits per heavy atom. The second-order valence-electron chi connectivity index (χ2n) is 2.98. The van der Waals surface area contributed by atoms with Crippen LogP contribution in [0.15, 0.2) is 18.2 Å². The molecule has 0 aliphatic carbocycles. The molecule has 0 amide bonds. The van der Waals surface area contributed by atoms with E-state index in [0.29, 0.717) is 5.56 Å². The Morgan fingerprint density at radius 1 is 1.57 bits per heavy atom. The van der Waals surface area contributed by atoms with E-state index in [0.717, 1.165) is 0 Å². The van der Waals surface area contributed by atoms with Gasteiger partial charge in [-0.1, -0.05) is 6.07 Å². The Morgan fingerprint density at radius 3 is 2.64 bits per heavy atom. The first-order chi connectivity index (χ1) is 6.56. The van der Waals surface area contributed by atoms with Crippen LogP contribution in [0.3, 0.4) is 0 Å². The third-order valence-corrected chi connectivity index (χ3v) is 1.92. The van der Waals surface area contributed by atoms with E-state index in [2.05, 4.69) is 0 Å². The smallest absolute Gasteiger partial charge is 0.275 e. The summed E-state index contributed by atoms with van der Waals surface area (Å²) in [5.41, 5.74) is 0.555. The lowest BCUT2D eigenvalue weighted by Gasteiger charge is -2.06. The second kappa shape index (κ2) is 4.17. The van der Waals surface area contributed by atoms with Gasteiger partial charge in [0.25, 0.3) is 5.69 Å². The van der Waals surface area contributed by atoms with E-state index in [-0.39, 0.29) is 17.9 Å². The van der Waals surface area contributed by atoms with E-state index >= 15 is 0 Å². The topological polar surface area (TPSA) is 83.6 Å². The number of aliphatic hydroxyl groups is 2. The van der Waals surface area contributed by atoms with E-state index < -0.39 is 11.0 Å². The van der Waals surface area contributed by atoms with Crippen LogP contribution in [0.4, 0.5) is 5.69 Å². The molecule has 5 nitrogen and oxygen atoms in total. The predicted octanol–water partition coefficient (Wildman–Crippen LogP) is 1.14. The monoisotopic (exact) mass is 197 g/mol. The molecular weight excluding hydrogens is 186 g/mol. The van der Waals surface area contributed by atoms with E-state index in [1.165, 1.54) is 19.1 Å². The molecule has 5 heteroatoms. The van der Waals surface area contributed by atoms with Crippen molar-refractivity contribution in [2.75, 3.05) is 0 Å². The van der Waals surface area contributed by atoms with Crippen molar-refractivity contribution in [3.63, 3.8) is 0 Å². The fraction of sp³-hybridized carbons (Fsp3) is 0.333. The normalized spacial score (nSPS) is 12.5. The summed E-state index contributed by atoms with van der Waals surface area (Å²) in [5, 5.41) is 28.6. The summed E-state index contributed by atoms with van der Waals surface area (Å²) in [6.45, 7) is 1.21. The highest BCUT2D eigenvalue weighted by molar-refractivity contribution is 5.44. The van der Waals surface area contributed by atoms with E-state index in [1.54, 1.807) is 6.07 Å². The highest BCUT2D eigenvalue weighted by atomic mass is 16.6. The lowest BCUT2D eigenvalue weighted by Crippen LogP contribution is -2.00. The van der Waals surface area contributed by atoms with Crippen molar-refractivity contribution in [2.45, 2.75) is 19.6 Å². The Labute approximate surface area is 80.8 Å². The zero-order valence-corrected chi connectivity index (χ0v) is 7.67. The molecule has 0 fully saturated rings. The summed E-state index contributed by atoms with van der Waals surface area (Å²) in [6, 6.07) is 4.27. The summed E-state index contributed by atoms with van der Waals surface area (Å²) >= 11 is 0. The largest absolute Gasteiger partial charge is 0.392 e. The third kappa shape index (κ3) is 2.07. The van der Waals surface area contributed by atoms with Gasteiger partial charge in [-0.15, -0.1) is 0 Å². The van der Waals surface area contributed by atoms with Gasteiger partial charge in [0.2, 0.25) is 0 Å². The summed E-state index contributed by atoms with van der Waals surface area (Å²) in [5.74, 6) is 0. The fourth-order valence-corrected chi connectivity index (χ4v) is 1.20. The maximum Gasteiger partial charge on any atom is 0.275 e. The van der Waals surface area contributed by atoms with Gasteiger partial charge in [-0.25, -0.2) is 0 Å². The lowest BCUT2D eigenvalue weighted by atomic mass is 10.1. The highest BCUT2D eigenvalue weighted by Gasteiger charge is 2.17.